The van der Waals surface area contributed by atoms with Gasteiger partial charge in [0.15, 0.2) is 0 Å². The van der Waals surface area contributed by atoms with E-state index in [9.17, 15) is 0 Å². The first kappa shape index (κ1) is 15.2. The minimum Gasteiger partial charge on any atom is -0.371 e. The molecule has 20 heavy (non-hydrogen) atoms. The predicted molar refractivity (Wildman–Crippen MR) is 85.0 cm³/mol. The van der Waals surface area contributed by atoms with Gasteiger partial charge in [-0.2, -0.15) is 0 Å². The molecule has 108 valence electrons. The second kappa shape index (κ2) is 6.48. The lowest BCUT2D eigenvalue weighted by molar-refractivity contribution is -0.00167. The molecule has 0 aliphatic rings. The lowest BCUT2D eigenvalue weighted by Crippen LogP contribution is -2.23. The second-order valence-corrected chi connectivity index (χ2v) is 5.98. The topological polar surface area (TPSA) is 34.1 Å². The van der Waals surface area contributed by atoms with Gasteiger partial charge >= 0.3 is 0 Å². The van der Waals surface area contributed by atoms with Crippen molar-refractivity contribution < 1.29 is 4.74 Å². The van der Waals surface area contributed by atoms with Crippen LogP contribution in [-0.2, 0) is 16.9 Å². The maximum atomic E-state index is 5.68. The fourth-order valence-corrected chi connectivity index (χ4v) is 3.35. The van der Waals surface area contributed by atoms with Crippen LogP contribution >= 0.6 is 11.3 Å². The van der Waals surface area contributed by atoms with Crippen LogP contribution in [0.15, 0.2) is 30.3 Å². The fraction of sp³-hybridized carbons (Fsp3) is 0.438. The van der Waals surface area contributed by atoms with E-state index < -0.39 is 0 Å². The molecule has 3 nitrogen and oxygen atoms in total. The van der Waals surface area contributed by atoms with Crippen molar-refractivity contribution in [1.29, 1.82) is 0 Å². The number of aromatic nitrogens is 1. The Hall–Kier alpha value is -1.23. The first-order chi connectivity index (χ1) is 9.64. The first-order valence-electron chi connectivity index (χ1n) is 6.90. The zero-order chi connectivity index (χ0) is 14.6. The Balaban J connectivity index is 2.49. The van der Waals surface area contributed by atoms with Gasteiger partial charge in [-0.25, -0.2) is 4.98 Å². The number of nitrogens with zero attached hydrogens (tertiary/aromatic N) is 1. The second-order valence-electron chi connectivity index (χ2n) is 4.98. The Bertz CT molecular complexity index is 547. The molecule has 0 bridgehead atoms. The zero-order valence-corrected chi connectivity index (χ0v) is 13.4. The monoisotopic (exact) mass is 290 g/mol. The molecule has 0 aliphatic heterocycles. The van der Waals surface area contributed by atoms with E-state index in [1.807, 2.05) is 13.1 Å². The summed E-state index contributed by atoms with van der Waals surface area (Å²) in [6.45, 7) is 5.00. The highest BCUT2D eigenvalue weighted by Crippen LogP contribution is 2.38. The third-order valence-corrected chi connectivity index (χ3v) is 5.05. The number of hydrogen-bond donors (Lipinski definition) is 1. The van der Waals surface area contributed by atoms with Crippen molar-refractivity contribution in [2.75, 3.05) is 14.2 Å². The molecule has 0 amide bonds. The normalized spacial score (nSPS) is 14.2. The molecule has 2 rings (SSSR count). The van der Waals surface area contributed by atoms with Crippen LogP contribution in [0, 0.1) is 0 Å². The van der Waals surface area contributed by atoms with E-state index in [4.69, 9.17) is 9.72 Å². The van der Waals surface area contributed by atoms with E-state index >= 15 is 0 Å². The molecule has 1 atom stereocenters. The van der Waals surface area contributed by atoms with Gasteiger partial charge in [-0.3, -0.25) is 0 Å². The molecular weight excluding hydrogens is 268 g/mol. The van der Waals surface area contributed by atoms with Crippen LogP contribution in [0.4, 0.5) is 0 Å². The van der Waals surface area contributed by atoms with E-state index in [2.05, 4.69) is 43.4 Å². The maximum Gasteiger partial charge on any atom is 0.125 e. The minimum absolute atomic E-state index is 0.305. The molecular formula is C16H22N2OS. The van der Waals surface area contributed by atoms with Crippen LogP contribution in [-0.4, -0.2) is 19.1 Å². The number of hydrogen-bond acceptors (Lipinski definition) is 4. The molecule has 1 N–H and O–H groups in total. The number of ether oxygens (including phenoxy) is 1. The van der Waals surface area contributed by atoms with Crippen LogP contribution in [0.25, 0.3) is 10.4 Å². The highest BCUT2D eigenvalue weighted by Gasteiger charge is 2.29. The molecule has 0 saturated heterocycles. The van der Waals surface area contributed by atoms with Gasteiger partial charge in [0, 0.05) is 13.7 Å². The highest BCUT2D eigenvalue weighted by molar-refractivity contribution is 7.15. The summed E-state index contributed by atoms with van der Waals surface area (Å²) < 4.78 is 5.68. The summed E-state index contributed by atoms with van der Waals surface area (Å²) in [7, 11) is 3.70. The summed E-state index contributed by atoms with van der Waals surface area (Å²) in [6.07, 6.45) is 0.907. The smallest absolute Gasteiger partial charge is 0.125 e. The maximum absolute atomic E-state index is 5.68. The lowest BCUT2D eigenvalue weighted by Gasteiger charge is -2.23. The van der Waals surface area contributed by atoms with Crippen LogP contribution in [0.2, 0.25) is 0 Å². The van der Waals surface area contributed by atoms with E-state index in [0.717, 1.165) is 23.7 Å². The van der Waals surface area contributed by atoms with E-state index in [1.54, 1.807) is 18.4 Å². The predicted octanol–water partition coefficient (Wildman–Crippen LogP) is 3.80. The van der Waals surface area contributed by atoms with Crippen LogP contribution < -0.4 is 5.32 Å². The van der Waals surface area contributed by atoms with Gasteiger partial charge in [-0.15, -0.1) is 11.3 Å². The number of rotatable bonds is 6. The molecule has 0 saturated carbocycles. The van der Waals surface area contributed by atoms with E-state index in [1.165, 1.54) is 10.4 Å². The Kier molecular flexibility index (Phi) is 4.91. The fourth-order valence-electron chi connectivity index (χ4n) is 2.06. The van der Waals surface area contributed by atoms with Crippen molar-refractivity contribution in [2.45, 2.75) is 32.4 Å². The summed E-state index contributed by atoms with van der Waals surface area (Å²) in [5.74, 6) is 0. The lowest BCUT2D eigenvalue weighted by atomic mass is 10.0. The Labute approximate surface area is 125 Å². The summed E-state index contributed by atoms with van der Waals surface area (Å²) in [5.41, 5.74) is 2.01. The molecule has 0 radical (unpaired) electrons. The molecule has 2 aromatic rings. The zero-order valence-electron chi connectivity index (χ0n) is 12.6. The molecule has 1 aromatic carbocycles. The number of nitrogens with one attached hydrogen (secondary N) is 1. The van der Waals surface area contributed by atoms with Gasteiger partial charge < -0.3 is 10.1 Å². The number of thiazole rings is 1. The quantitative estimate of drug-likeness (QED) is 0.878. The molecule has 1 aromatic heterocycles. The Morgan fingerprint density at radius 1 is 1.30 bits per heavy atom. The van der Waals surface area contributed by atoms with Gasteiger partial charge in [0.2, 0.25) is 0 Å². The van der Waals surface area contributed by atoms with Gasteiger partial charge in [0.25, 0.3) is 0 Å². The summed E-state index contributed by atoms with van der Waals surface area (Å²) >= 11 is 1.73. The van der Waals surface area contributed by atoms with Crippen LogP contribution in [0.1, 0.15) is 31.0 Å². The Morgan fingerprint density at radius 2 is 2.00 bits per heavy atom. The SMILES string of the molecule is CCC(C)(OC)c1nc(CNC)c(-c2ccccc2)s1. The standard InChI is InChI=1S/C16H22N2OS/c1-5-16(2,19-4)15-18-13(11-17-3)14(20-15)12-9-7-6-8-10-12/h6-10,17H,5,11H2,1-4H3. The van der Waals surface area contributed by atoms with Crippen LogP contribution in [0.3, 0.4) is 0 Å². The average molecular weight is 290 g/mol. The van der Waals surface area contributed by atoms with Crippen molar-refractivity contribution in [3.05, 3.63) is 41.0 Å². The van der Waals surface area contributed by atoms with E-state index in [0.29, 0.717) is 0 Å². The third kappa shape index (κ3) is 2.92. The van der Waals surface area contributed by atoms with Gasteiger partial charge in [0.05, 0.1) is 10.6 Å². The largest absolute Gasteiger partial charge is 0.371 e. The van der Waals surface area contributed by atoms with E-state index in [-0.39, 0.29) is 5.60 Å². The summed E-state index contributed by atoms with van der Waals surface area (Å²) in [6, 6.07) is 10.4. The Morgan fingerprint density at radius 3 is 2.55 bits per heavy atom. The third-order valence-electron chi connectivity index (χ3n) is 3.66. The first-order valence-corrected chi connectivity index (χ1v) is 7.71. The molecule has 0 spiro atoms. The summed E-state index contributed by atoms with van der Waals surface area (Å²) in [4.78, 5) is 6.05. The molecule has 1 unspecified atom stereocenters. The molecule has 1 heterocycles. The van der Waals surface area contributed by atoms with Crippen molar-refractivity contribution in [2.24, 2.45) is 0 Å². The minimum atomic E-state index is -0.305. The van der Waals surface area contributed by atoms with Crippen molar-refractivity contribution in [3.63, 3.8) is 0 Å². The number of methoxy groups -OCH3 is 1. The van der Waals surface area contributed by atoms with Crippen LogP contribution in [0.5, 0.6) is 0 Å². The van der Waals surface area contributed by atoms with Crippen molar-refractivity contribution >= 4 is 11.3 Å². The summed E-state index contributed by atoms with van der Waals surface area (Å²) in [5, 5.41) is 4.25. The van der Waals surface area contributed by atoms with Crippen molar-refractivity contribution in [3.8, 4) is 10.4 Å². The molecule has 0 fully saturated rings. The van der Waals surface area contributed by atoms with Gasteiger partial charge in [-0.1, -0.05) is 37.3 Å². The van der Waals surface area contributed by atoms with Gasteiger partial charge in [0.1, 0.15) is 10.6 Å². The highest BCUT2D eigenvalue weighted by atomic mass is 32.1. The average Bonchev–Trinajstić information content (AvgIpc) is 2.92. The molecule has 0 aliphatic carbocycles. The number of benzene rings is 1. The molecule has 4 heteroatoms. The van der Waals surface area contributed by atoms with Crippen molar-refractivity contribution in [1.82, 2.24) is 10.3 Å². The van der Waals surface area contributed by atoms with Gasteiger partial charge in [-0.05, 0) is 26.0 Å².